The third-order valence-electron chi connectivity index (χ3n) is 3.91. The van der Waals surface area contributed by atoms with Gasteiger partial charge in [0, 0.05) is 16.6 Å². The highest BCUT2D eigenvalue weighted by molar-refractivity contribution is 7.89. The van der Waals surface area contributed by atoms with Gasteiger partial charge in [-0.05, 0) is 53.8 Å². The van der Waals surface area contributed by atoms with Gasteiger partial charge < -0.3 is 4.74 Å². The van der Waals surface area contributed by atoms with Crippen molar-refractivity contribution in [2.75, 3.05) is 7.11 Å². The molecular formula is C18H21Cl2NO3S. The Hall–Kier alpha value is -1.27. The fourth-order valence-electron chi connectivity index (χ4n) is 2.51. The van der Waals surface area contributed by atoms with Crippen LogP contribution in [0.2, 0.25) is 10.0 Å². The van der Waals surface area contributed by atoms with Crippen molar-refractivity contribution in [3.05, 3.63) is 57.1 Å². The maximum atomic E-state index is 12.8. The Morgan fingerprint density at radius 1 is 1.16 bits per heavy atom. The van der Waals surface area contributed by atoms with Gasteiger partial charge in [-0.2, -0.15) is 0 Å². The van der Waals surface area contributed by atoms with Crippen molar-refractivity contribution in [2.24, 2.45) is 0 Å². The first-order valence-electron chi connectivity index (χ1n) is 7.78. The van der Waals surface area contributed by atoms with Crippen LogP contribution in [0.5, 0.6) is 5.75 Å². The average Bonchev–Trinajstić information content (AvgIpc) is 2.53. The number of benzene rings is 2. The molecule has 0 aromatic heterocycles. The highest BCUT2D eigenvalue weighted by Gasteiger charge is 2.21. The molecule has 0 aliphatic rings. The number of sulfonamides is 1. The Morgan fingerprint density at radius 3 is 2.40 bits per heavy atom. The molecule has 2 rings (SSSR count). The van der Waals surface area contributed by atoms with Crippen LogP contribution in [0.15, 0.2) is 35.2 Å². The van der Waals surface area contributed by atoms with E-state index >= 15 is 0 Å². The SMILES string of the molecule is COc1cc(C)c(S(=O)(=O)NCc2ccc(Cl)cc2Cl)cc1C(C)C. The molecule has 25 heavy (non-hydrogen) atoms. The van der Waals surface area contributed by atoms with E-state index in [1.807, 2.05) is 13.8 Å². The quantitative estimate of drug-likeness (QED) is 0.747. The van der Waals surface area contributed by atoms with Crippen LogP contribution in [0.25, 0.3) is 0 Å². The monoisotopic (exact) mass is 401 g/mol. The van der Waals surface area contributed by atoms with Gasteiger partial charge in [-0.25, -0.2) is 13.1 Å². The van der Waals surface area contributed by atoms with Gasteiger partial charge in [-0.15, -0.1) is 0 Å². The van der Waals surface area contributed by atoms with E-state index in [1.54, 1.807) is 44.4 Å². The number of ether oxygens (including phenoxy) is 1. The van der Waals surface area contributed by atoms with Crippen molar-refractivity contribution in [2.45, 2.75) is 38.1 Å². The zero-order valence-electron chi connectivity index (χ0n) is 14.6. The van der Waals surface area contributed by atoms with E-state index in [-0.39, 0.29) is 17.4 Å². The molecule has 0 fully saturated rings. The smallest absolute Gasteiger partial charge is 0.241 e. The summed E-state index contributed by atoms with van der Waals surface area (Å²) < 4.78 is 33.5. The molecule has 2 aromatic rings. The summed E-state index contributed by atoms with van der Waals surface area (Å²) in [7, 11) is -2.12. The van der Waals surface area contributed by atoms with E-state index in [1.165, 1.54) is 0 Å². The van der Waals surface area contributed by atoms with E-state index in [0.29, 0.717) is 26.9 Å². The van der Waals surface area contributed by atoms with Crippen molar-refractivity contribution in [3.8, 4) is 5.75 Å². The highest BCUT2D eigenvalue weighted by Crippen LogP contribution is 2.31. The van der Waals surface area contributed by atoms with Gasteiger partial charge >= 0.3 is 0 Å². The van der Waals surface area contributed by atoms with Crippen molar-refractivity contribution in [1.29, 1.82) is 0 Å². The molecule has 0 aliphatic heterocycles. The maximum absolute atomic E-state index is 12.8. The molecule has 0 spiro atoms. The Bertz CT molecular complexity index is 880. The summed E-state index contributed by atoms with van der Waals surface area (Å²) in [5.74, 6) is 0.822. The first-order chi connectivity index (χ1) is 11.7. The van der Waals surface area contributed by atoms with Crippen LogP contribution >= 0.6 is 23.2 Å². The van der Waals surface area contributed by atoms with Crippen LogP contribution in [0, 0.1) is 6.92 Å². The molecule has 1 N–H and O–H groups in total. The largest absolute Gasteiger partial charge is 0.496 e. The Balaban J connectivity index is 2.34. The molecule has 0 radical (unpaired) electrons. The predicted octanol–water partition coefficient (Wildman–Crippen LogP) is 4.91. The van der Waals surface area contributed by atoms with E-state index in [0.717, 1.165) is 5.56 Å². The van der Waals surface area contributed by atoms with Crippen LogP contribution in [0.3, 0.4) is 0 Å². The lowest BCUT2D eigenvalue weighted by Crippen LogP contribution is -2.24. The number of halogens is 2. The molecule has 136 valence electrons. The number of rotatable bonds is 6. The summed E-state index contributed by atoms with van der Waals surface area (Å²) in [4.78, 5) is 0.238. The zero-order chi connectivity index (χ0) is 18.8. The third-order valence-corrected chi connectivity index (χ3v) is 6.04. The fraction of sp³-hybridized carbons (Fsp3) is 0.333. The molecule has 7 heteroatoms. The molecule has 2 aromatic carbocycles. The number of aryl methyl sites for hydroxylation is 1. The number of hydrogen-bond acceptors (Lipinski definition) is 3. The van der Waals surface area contributed by atoms with Crippen LogP contribution in [0.1, 0.15) is 36.5 Å². The molecule has 4 nitrogen and oxygen atoms in total. The minimum Gasteiger partial charge on any atom is -0.496 e. The molecule has 0 heterocycles. The van der Waals surface area contributed by atoms with E-state index in [4.69, 9.17) is 27.9 Å². The van der Waals surface area contributed by atoms with E-state index in [9.17, 15) is 8.42 Å². The summed E-state index contributed by atoms with van der Waals surface area (Å²) in [5.41, 5.74) is 2.12. The fourth-order valence-corrected chi connectivity index (χ4v) is 4.25. The molecule has 0 saturated heterocycles. The van der Waals surface area contributed by atoms with Crippen molar-refractivity contribution >= 4 is 33.2 Å². The second-order valence-electron chi connectivity index (χ2n) is 6.07. The normalized spacial score (nSPS) is 11.8. The van der Waals surface area contributed by atoms with Gasteiger partial charge in [0.15, 0.2) is 0 Å². The van der Waals surface area contributed by atoms with Gasteiger partial charge in [0.2, 0.25) is 10.0 Å². The van der Waals surface area contributed by atoms with Crippen molar-refractivity contribution in [3.63, 3.8) is 0 Å². The minimum atomic E-state index is -3.69. The predicted molar refractivity (Wildman–Crippen MR) is 102 cm³/mol. The minimum absolute atomic E-state index is 0.0841. The maximum Gasteiger partial charge on any atom is 0.241 e. The molecule has 0 amide bonds. The lowest BCUT2D eigenvalue weighted by Gasteiger charge is -2.17. The zero-order valence-corrected chi connectivity index (χ0v) is 16.9. The molecule has 0 saturated carbocycles. The van der Waals surface area contributed by atoms with Crippen molar-refractivity contribution in [1.82, 2.24) is 4.72 Å². The van der Waals surface area contributed by atoms with Crippen LogP contribution in [-0.4, -0.2) is 15.5 Å². The standard InChI is InChI=1S/C18H21Cl2NO3S/c1-11(2)15-9-18(12(3)7-17(15)24-4)25(22,23)21-10-13-5-6-14(19)8-16(13)20/h5-9,11,21H,10H2,1-4H3. The van der Waals surface area contributed by atoms with E-state index < -0.39 is 10.0 Å². The van der Waals surface area contributed by atoms with Crippen LogP contribution in [-0.2, 0) is 16.6 Å². The highest BCUT2D eigenvalue weighted by atomic mass is 35.5. The van der Waals surface area contributed by atoms with Gasteiger partial charge in [-0.3, -0.25) is 0 Å². The number of methoxy groups -OCH3 is 1. The third kappa shape index (κ3) is 4.67. The second kappa shape index (κ2) is 7.96. The summed E-state index contributed by atoms with van der Waals surface area (Å²) in [6.07, 6.45) is 0. The van der Waals surface area contributed by atoms with Gasteiger partial charge in [0.05, 0.1) is 12.0 Å². The Kier molecular flexibility index (Phi) is 6.38. The van der Waals surface area contributed by atoms with Gasteiger partial charge in [-0.1, -0.05) is 43.1 Å². The summed E-state index contributed by atoms with van der Waals surface area (Å²) in [6, 6.07) is 8.38. The van der Waals surface area contributed by atoms with Gasteiger partial charge in [0.25, 0.3) is 0 Å². The summed E-state index contributed by atoms with van der Waals surface area (Å²) in [6.45, 7) is 5.81. The Labute approximate surface area is 159 Å². The molecule has 0 bridgehead atoms. The summed E-state index contributed by atoms with van der Waals surface area (Å²) in [5, 5.41) is 0.925. The molecule has 0 aliphatic carbocycles. The van der Waals surface area contributed by atoms with Gasteiger partial charge in [0.1, 0.15) is 5.75 Å². The molecule has 0 atom stereocenters. The average molecular weight is 402 g/mol. The van der Waals surface area contributed by atoms with Crippen LogP contribution in [0.4, 0.5) is 0 Å². The topological polar surface area (TPSA) is 55.4 Å². The lowest BCUT2D eigenvalue weighted by atomic mass is 10.0. The second-order valence-corrected chi connectivity index (χ2v) is 8.65. The molecule has 0 unspecified atom stereocenters. The van der Waals surface area contributed by atoms with Crippen molar-refractivity contribution < 1.29 is 13.2 Å². The first-order valence-corrected chi connectivity index (χ1v) is 10.0. The lowest BCUT2D eigenvalue weighted by molar-refractivity contribution is 0.406. The first kappa shape index (κ1) is 20.0. The Morgan fingerprint density at radius 2 is 1.84 bits per heavy atom. The van der Waals surface area contributed by atoms with E-state index in [2.05, 4.69) is 4.72 Å². The number of nitrogens with one attached hydrogen (secondary N) is 1. The number of hydrogen-bond donors (Lipinski definition) is 1. The summed E-state index contributed by atoms with van der Waals surface area (Å²) >= 11 is 12.0. The molecular weight excluding hydrogens is 381 g/mol. The van der Waals surface area contributed by atoms with Crippen LogP contribution < -0.4 is 9.46 Å².